The number of carboxylic acids is 1. The number of fused-ring (bicyclic) bond motifs is 2. The van der Waals surface area contributed by atoms with E-state index < -0.39 is 42.6 Å². The van der Waals surface area contributed by atoms with Crippen LogP contribution in [-0.4, -0.2) is 82.2 Å². The summed E-state index contributed by atoms with van der Waals surface area (Å²) in [6, 6.07) is 26.9. The van der Waals surface area contributed by atoms with Crippen molar-refractivity contribution in [1.29, 1.82) is 0 Å². The third kappa shape index (κ3) is 6.27. The molecule has 1 aliphatic rings. The average Bonchev–Trinajstić information content (AvgIpc) is 3.65. The lowest BCUT2D eigenvalue weighted by Crippen LogP contribution is -2.60. The number of carboxylic acid groups (broad SMARTS) is 1. The lowest BCUT2D eigenvalue weighted by Gasteiger charge is -2.38. The molecule has 0 unspecified atom stereocenters. The van der Waals surface area contributed by atoms with Gasteiger partial charge in [-0.3, -0.25) is 0 Å². The molecule has 0 amide bonds. The molecule has 262 valence electrons. The maximum absolute atomic E-state index is 13.3. The topological polar surface area (TPSA) is 169 Å². The van der Waals surface area contributed by atoms with Crippen LogP contribution in [0.3, 0.4) is 0 Å². The zero-order valence-corrected chi connectivity index (χ0v) is 28.3. The van der Waals surface area contributed by atoms with Gasteiger partial charge < -0.3 is 39.0 Å². The Morgan fingerprint density at radius 1 is 0.863 bits per heavy atom. The van der Waals surface area contributed by atoms with E-state index in [-0.39, 0.29) is 5.56 Å². The number of carbonyl (C=O) groups excluding carboxylic acids is 1. The van der Waals surface area contributed by atoms with E-state index in [1.807, 2.05) is 49.5 Å². The van der Waals surface area contributed by atoms with Gasteiger partial charge in [0.15, 0.2) is 6.10 Å². The van der Waals surface area contributed by atoms with Gasteiger partial charge in [0.2, 0.25) is 6.29 Å². The minimum Gasteiger partial charge on any atom is -0.479 e. The molecule has 4 aromatic carbocycles. The number of benzene rings is 4. The molecule has 1 aliphatic heterocycles. The van der Waals surface area contributed by atoms with Gasteiger partial charge in [-0.25, -0.2) is 19.6 Å². The summed E-state index contributed by atoms with van der Waals surface area (Å²) in [7, 11) is 2.03. The van der Waals surface area contributed by atoms with Gasteiger partial charge in [0.1, 0.15) is 30.0 Å². The quantitative estimate of drug-likeness (QED) is 0.157. The maximum Gasteiger partial charge on any atom is 0.341 e. The third-order valence-corrected chi connectivity index (χ3v) is 9.43. The number of aryl methyl sites for hydroxylation is 3. The fourth-order valence-electron chi connectivity index (χ4n) is 6.77. The molecule has 0 spiro atoms. The van der Waals surface area contributed by atoms with Crippen molar-refractivity contribution in [2.24, 2.45) is 7.05 Å². The number of aliphatic hydroxyl groups is 3. The monoisotopic (exact) mass is 690 g/mol. The Bertz CT molecular complexity index is 2260. The number of aliphatic carboxylic acids is 1. The Morgan fingerprint density at radius 2 is 1.59 bits per heavy atom. The van der Waals surface area contributed by atoms with Crippen LogP contribution in [0.15, 0.2) is 84.9 Å². The van der Waals surface area contributed by atoms with Gasteiger partial charge >= 0.3 is 11.9 Å². The molecule has 7 rings (SSSR count). The highest BCUT2D eigenvalue weighted by atomic mass is 16.7. The SMILES string of the molecule is CCCc1nc2c(C)cc(-c3nc4ccccc4n3C)cc2n1Cc1ccc(-c2ccccc2C(=O)O[C@H]2O[C@@H](C(=O)O)[C@H](O)[C@@H](O)[C@@H]2O)cc1. The predicted molar refractivity (Wildman–Crippen MR) is 189 cm³/mol. The molecule has 0 aliphatic carbocycles. The summed E-state index contributed by atoms with van der Waals surface area (Å²) in [6.07, 6.45) is -7.60. The van der Waals surface area contributed by atoms with Gasteiger partial charge in [0, 0.05) is 25.6 Å². The van der Waals surface area contributed by atoms with Gasteiger partial charge in [-0.2, -0.15) is 0 Å². The number of rotatable bonds is 9. The van der Waals surface area contributed by atoms with Crippen LogP contribution in [0.25, 0.3) is 44.6 Å². The van der Waals surface area contributed by atoms with E-state index in [1.54, 1.807) is 24.3 Å². The van der Waals surface area contributed by atoms with Gasteiger partial charge in [0.05, 0.1) is 27.6 Å². The number of hydrogen-bond donors (Lipinski definition) is 4. The van der Waals surface area contributed by atoms with E-state index in [9.17, 15) is 30.0 Å². The molecule has 0 radical (unpaired) electrons. The molecular formula is C39H38N4O8. The van der Waals surface area contributed by atoms with E-state index in [0.717, 1.165) is 68.8 Å². The van der Waals surface area contributed by atoms with E-state index in [4.69, 9.17) is 19.4 Å². The van der Waals surface area contributed by atoms with E-state index >= 15 is 0 Å². The summed E-state index contributed by atoms with van der Waals surface area (Å²) in [5.74, 6) is -0.595. The van der Waals surface area contributed by atoms with Crippen molar-refractivity contribution in [1.82, 2.24) is 19.1 Å². The number of imidazole rings is 2. The average molecular weight is 691 g/mol. The maximum atomic E-state index is 13.3. The Labute approximate surface area is 293 Å². The summed E-state index contributed by atoms with van der Waals surface area (Å²) in [5.41, 5.74) is 8.48. The molecule has 1 saturated heterocycles. The van der Waals surface area contributed by atoms with E-state index in [2.05, 4.69) is 41.2 Å². The van der Waals surface area contributed by atoms with Crippen molar-refractivity contribution in [3.8, 4) is 22.5 Å². The molecular weight excluding hydrogens is 652 g/mol. The van der Waals surface area contributed by atoms with E-state index in [1.165, 1.54) is 0 Å². The first-order valence-corrected chi connectivity index (χ1v) is 16.8. The Balaban J connectivity index is 1.17. The molecule has 2 aromatic heterocycles. The van der Waals surface area contributed by atoms with Crippen LogP contribution < -0.4 is 0 Å². The molecule has 5 atom stereocenters. The number of aliphatic hydroxyl groups excluding tert-OH is 3. The zero-order valence-electron chi connectivity index (χ0n) is 28.3. The first-order valence-electron chi connectivity index (χ1n) is 16.8. The molecule has 12 heteroatoms. The second-order valence-electron chi connectivity index (χ2n) is 12.9. The lowest BCUT2D eigenvalue weighted by atomic mass is 9.98. The van der Waals surface area contributed by atoms with Crippen LogP contribution in [0.4, 0.5) is 0 Å². The number of esters is 1. The second kappa shape index (κ2) is 13.7. The molecule has 12 nitrogen and oxygen atoms in total. The Morgan fingerprint density at radius 3 is 2.31 bits per heavy atom. The normalized spacial score (nSPS) is 20.5. The fraction of sp³-hybridized carbons (Fsp3) is 0.282. The molecule has 51 heavy (non-hydrogen) atoms. The highest BCUT2D eigenvalue weighted by Crippen LogP contribution is 2.32. The zero-order chi connectivity index (χ0) is 36.0. The Kier molecular flexibility index (Phi) is 9.17. The van der Waals surface area contributed by atoms with Crippen molar-refractivity contribution >= 4 is 34.0 Å². The number of aromatic nitrogens is 4. The lowest BCUT2D eigenvalue weighted by molar-refractivity contribution is -0.278. The number of carbonyl (C=O) groups is 2. The number of nitrogens with zero attached hydrogens (tertiary/aromatic N) is 4. The van der Waals surface area contributed by atoms with Crippen molar-refractivity contribution in [2.45, 2.75) is 63.9 Å². The number of hydrogen-bond acceptors (Lipinski definition) is 9. The molecule has 6 aromatic rings. The molecule has 3 heterocycles. The predicted octanol–water partition coefficient (Wildman–Crippen LogP) is 4.62. The van der Waals surface area contributed by atoms with Gasteiger partial charge in [-0.05, 0) is 65.9 Å². The van der Waals surface area contributed by atoms with Crippen molar-refractivity contribution < 1.29 is 39.5 Å². The smallest absolute Gasteiger partial charge is 0.341 e. The molecule has 0 bridgehead atoms. The summed E-state index contributed by atoms with van der Waals surface area (Å²) < 4.78 is 14.8. The summed E-state index contributed by atoms with van der Waals surface area (Å²) in [5, 5.41) is 39.8. The third-order valence-electron chi connectivity index (χ3n) is 9.43. The van der Waals surface area contributed by atoms with Crippen LogP contribution in [0.5, 0.6) is 0 Å². The highest BCUT2D eigenvalue weighted by Gasteiger charge is 2.48. The van der Waals surface area contributed by atoms with Crippen LogP contribution in [0, 0.1) is 6.92 Å². The first kappa shape index (κ1) is 34.1. The molecule has 1 fully saturated rings. The van der Waals surface area contributed by atoms with Crippen molar-refractivity contribution in [3.63, 3.8) is 0 Å². The van der Waals surface area contributed by atoms with E-state index in [0.29, 0.717) is 12.1 Å². The van der Waals surface area contributed by atoms with Crippen LogP contribution in [0.1, 0.15) is 40.7 Å². The van der Waals surface area contributed by atoms with Crippen LogP contribution in [-0.2, 0) is 34.3 Å². The highest BCUT2D eigenvalue weighted by molar-refractivity contribution is 5.97. The standard InChI is InChI=1S/C39H38N4O8/c1-4-9-30-41-31-21(2)18-24(36-40-27-12-7-8-13-28(27)42(36)3)19-29(31)43(30)20-22-14-16-23(17-15-22)25-10-5-6-11-26(25)38(49)51-39-34(46)32(44)33(45)35(50-39)37(47)48/h5-8,10-19,32-35,39,44-46H,4,9,20H2,1-3H3,(H,47,48)/t32-,33-,34+,35-,39-/m1/s1. The van der Waals surface area contributed by atoms with Gasteiger partial charge in [0.25, 0.3) is 0 Å². The minimum atomic E-state index is -1.90. The molecule has 0 saturated carbocycles. The first-order chi connectivity index (χ1) is 24.5. The number of ether oxygens (including phenoxy) is 2. The van der Waals surface area contributed by atoms with Crippen LogP contribution >= 0.6 is 0 Å². The summed E-state index contributed by atoms with van der Waals surface area (Å²) >= 11 is 0. The Hall–Kier alpha value is -5.40. The van der Waals surface area contributed by atoms with Gasteiger partial charge in [-0.15, -0.1) is 0 Å². The summed E-state index contributed by atoms with van der Waals surface area (Å²) in [6.45, 7) is 4.78. The fourth-order valence-corrected chi connectivity index (χ4v) is 6.77. The largest absolute Gasteiger partial charge is 0.479 e. The molecule has 4 N–H and O–H groups in total. The second-order valence-corrected chi connectivity index (χ2v) is 12.9. The van der Waals surface area contributed by atoms with Crippen molar-refractivity contribution in [3.05, 3.63) is 107 Å². The van der Waals surface area contributed by atoms with Gasteiger partial charge in [-0.1, -0.05) is 61.5 Å². The van der Waals surface area contributed by atoms with Crippen LogP contribution in [0.2, 0.25) is 0 Å². The number of para-hydroxylation sites is 2. The minimum absolute atomic E-state index is 0.143. The van der Waals surface area contributed by atoms with Crippen molar-refractivity contribution in [2.75, 3.05) is 0 Å². The summed E-state index contributed by atoms with van der Waals surface area (Å²) in [4.78, 5) is 34.8.